The van der Waals surface area contributed by atoms with E-state index in [9.17, 15) is 17.6 Å². The fourth-order valence-electron chi connectivity index (χ4n) is 3.16. The minimum absolute atomic E-state index is 0.0224. The van der Waals surface area contributed by atoms with Gasteiger partial charge >= 0.3 is 6.18 Å². The molecule has 10 heteroatoms. The van der Waals surface area contributed by atoms with Gasteiger partial charge in [-0.25, -0.2) is 18.9 Å². The quantitative estimate of drug-likeness (QED) is 0.684. The maximum atomic E-state index is 13.5. The lowest BCUT2D eigenvalue weighted by Gasteiger charge is -2.26. The monoisotopic (exact) mass is 380 g/mol. The van der Waals surface area contributed by atoms with Gasteiger partial charge in [-0.2, -0.15) is 18.3 Å². The van der Waals surface area contributed by atoms with Gasteiger partial charge in [0.2, 0.25) is 5.95 Å². The van der Waals surface area contributed by atoms with Crippen molar-refractivity contribution >= 4 is 11.5 Å². The lowest BCUT2D eigenvalue weighted by atomic mass is 10.1. The van der Waals surface area contributed by atoms with Gasteiger partial charge in [-0.15, -0.1) is 0 Å². The lowest BCUT2D eigenvalue weighted by molar-refractivity contribution is -0.137. The fourth-order valence-corrected chi connectivity index (χ4v) is 3.16. The van der Waals surface area contributed by atoms with Crippen LogP contribution < -0.4 is 10.6 Å². The van der Waals surface area contributed by atoms with Crippen LogP contribution in [0.3, 0.4) is 0 Å². The van der Waals surface area contributed by atoms with E-state index in [1.165, 1.54) is 10.7 Å². The van der Waals surface area contributed by atoms with Crippen LogP contribution in [0.1, 0.15) is 12.0 Å². The molecule has 6 nitrogen and oxygen atoms in total. The van der Waals surface area contributed by atoms with E-state index in [1.54, 1.807) is 24.4 Å². The number of pyridine rings is 1. The van der Waals surface area contributed by atoms with E-state index in [1.807, 2.05) is 0 Å². The molecular formula is C17H16F4N6. The van der Waals surface area contributed by atoms with Crippen LogP contribution in [0.25, 0.3) is 16.8 Å². The van der Waals surface area contributed by atoms with Gasteiger partial charge in [-0.05, 0) is 12.1 Å². The number of aromatic nitrogens is 4. The van der Waals surface area contributed by atoms with Crippen molar-refractivity contribution in [2.24, 2.45) is 0 Å². The number of rotatable bonds is 3. The standard InChI is InChI=1S/C17H16F4N6/c18-10-5-11(7-22-6-10)25-16-23-9-13(17(19,20)21)15(26-16)12-8-24-27-4-2-1-3-14(12)27/h1-4,8-11,22H,5-7H2,(H,23,25,26)/t10-,11-/m0/s1. The molecule has 4 rings (SSSR count). The molecule has 3 aromatic rings. The average molecular weight is 380 g/mol. The molecule has 0 spiro atoms. The van der Waals surface area contributed by atoms with Gasteiger partial charge < -0.3 is 10.6 Å². The third-order valence-electron chi connectivity index (χ3n) is 4.41. The number of piperidine rings is 1. The summed E-state index contributed by atoms with van der Waals surface area (Å²) in [6.07, 6.45) is -1.67. The summed E-state index contributed by atoms with van der Waals surface area (Å²) in [5, 5.41) is 9.92. The summed E-state index contributed by atoms with van der Waals surface area (Å²) in [5.41, 5.74) is -0.465. The van der Waals surface area contributed by atoms with Gasteiger partial charge in [0.1, 0.15) is 11.7 Å². The Balaban J connectivity index is 1.76. The zero-order chi connectivity index (χ0) is 19.0. The summed E-state index contributed by atoms with van der Waals surface area (Å²) in [7, 11) is 0. The van der Waals surface area contributed by atoms with Crippen LogP contribution in [0.2, 0.25) is 0 Å². The van der Waals surface area contributed by atoms with Crippen LogP contribution in [0.5, 0.6) is 0 Å². The second kappa shape index (κ2) is 6.76. The minimum Gasteiger partial charge on any atom is -0.350 e. The summed E-state index contributed by atoms with van der Waals surface area (Å²) >= 11 is 0. The fraction of sp³-hybridized carbons (Fsp3) is 0.353. The first-order chi connectivity index (χ1) is 12.9. The molecule has 142 valence electrons. The summed E-state index contributed by atoms with van der Waals surface area (Å²) in [6, 6.07) is 4.80. The molecule has 2 N–H and O–H groups in total. The largest absolute Gasteiger partial charge is 0.419 e. The zero-order valence-corrected chi connectivity index (χ0v) is 14.0. The number of nitrogens with one attached hydrogen (secondary N) is 2. The normalized spacial score (nSPS) is 20.7. The summed E-state index contributed by atoms with van der Waals surface area (Å²) in [5.74, 6) is 0.0224. The third kappa shape index (κ3) is 3.57. The van der Waals surface area contributed by atoms with E-state index in [0.717, 1.165) is 6.20 Å². The first-order valence-electron chi connectivity index (χ1n) is 8.40. The highest BCUT2D eigenvalue weighted by Crippen LogP contribution is 2.37. The van der Waals surface area contributed by atoms with E-state index in [4.69, 9.17) is 0 Å². The highest BCUT2D eigenvalue weighted by atomic mass is 19.4. The molecule has 0 aromatic carbocycles. The first-order valence-corrected chi connectivity index (χ1v) is 8.40. The number of hydrogen-bond donors (Lipinski definition) is 2. The van der Waals surface area contributed by atoms with Crippen LogP contribution in [0, 0.1) is 0 Å². The zero-order valence-electron chi connectivity index (χ0n) is 14.0. The Labute approximate surface area is 151 Å². The predicted molar refractivity (Wildman–Crippen MR) is 91.0 cm³/mol. The molecule has 0 amide bonds. The van der Waals surface area contributed by atoms with Crippen molar-refractivity contribution in [3.63, 3.8) is 0 Å². The maximum Gasteiger partial charge on any atom is 0.419 e. The molecule has 0 radical (unpaired) electrons. The summed E-state index contributed by atoms with van der Waals surface area (Å²) < 4.78 is 55.5. The van der Waals surface area contributed by atoms with Crippen LogP contribution in [-0.4, -0.2) is 44.9 Å². The third-order valence-corrected chi connectivity index (χ3v) is 4.41. The first kappa shape index (κ1) is 17.7. The molecule has 0 aliphatic carbocycles. The van der Waals surface area contributed by atoms with Crippen LogP contribution >= 0.6 is 0 Å². The van der Waals surface area contributed by atoms with Gasteiger partial charge in [0.25, 0.3) is 0 Å². The van der Waals surface area contributed by atoms with Gasteiger partial charge in [-0.1, -0.05) is 6.07 Å². The highest BCUT2D eigenvalue weighted by Gasteiger charge is 2.36. The van der Waals surface area contributed by atoms with E-state index in [-0.39, 0.29) is 36.2 Å². The van der Waals surface area contributed by atoms with E-state index in [2.05, 4.69) is 25.7 Å². The molecule has 4 heterocycles. The predicted octanol–water partition coefficient (Wildman–Crippen LogP) is 2.92. The molecular weight excluding hydrogens is 364 g/mol. The number of hydrogen-bond acceptors (Lipinski definition) is 5. The second-order valence-corrected chi connectivity index (χ2v) is 6.37. The summed E-state index contributed by atoms with van der Waals surface area (Å²) in [6.45, 7) is 0.747. The van der Waals surface area contributed by atoms with Crippen LogP contribution in [0.4, 0.5) is 23.5 Å². The number of halogens is 4. The second-order valence-electron chi connectivity index (χ2n) is 6.37. The molecule has 27 heavy (non-hydrogen) atoms. The Morgan fingerprint density at radius 3 is 2.81 bits per heavy atom. The van der Waals surface area contributed by atoms with Crippen molar-refractivity contribution in [2.75, 3.05) is 18.4 Å². The average Bonchev–Trinajstić information content (AvgIpc) is 3.05. The molecule has 0 bridgehead atoms. The molecule has 2 atom stereocenters. The van der Waals surface area contributed by atoms with Crippen molar-refractivity contribution in [3.8, 4) is 11.3 Å². The molecule has 0 unspecified atom stereocenters. The summed E-state index contributed by atoms with van der Waals surface area (Å²) in [4.78, 5) is 7.90. The van der Waals surface area contributed by atoms with Crippen LogP contribution in [0.15, 0.2) is 36.8 Å². The van der Waals surface area contributed by atoms with E-state index >= 15 is 0 Å². The minimum atomic E-state index is -4.62. The van der Waals surface area contributed by atoms with Crippen molar-refractivity contribution < 1.29 is 17.6 Å². The highest BCUT2D eigenvalue weighted by molar-refractivity contribution is 5.80. The SMILES string of the molecule is F[C@@H]1CNC[C@@H](Nc2ncc(C(F)(F)F)c(-c3cnn4ccccc34)n2)C1. The van der Waals surface area contributed by atoms with Crippen molar-refractivity contribution in [2.45, 2.75) is 24.8 Å². The van der Waals surface area contributed by atoms with Crippen molar-refractivity contribution in [1.82, 2.24) is 24.9 Å². The Morgan fingerprint density at radius 1 is 1.19 bits per heavy atom. The Bertz CT molecular complexity index is 954. The number of fused-ring (bicyclic) bond motifs is 1. The van der Waals surface area contributed by atoms with Crippen molar-refractivity contribution in [3.05, 3.63) is 42.4 Å². The molecule has 1 aliphatic rings. The van der Waals surface area contributed by atoms with Crippen LogP contribution in [-0.2, 0) is 6.18 Å². The van der Waals surface area contributed by atoms with E-state index < -0.39 is 17.9 Å². The molecule has 1 aliphatic heterocycles. The van der Waals surface area contributed by atoms with Crippen molar-refractivity contribution in [1.29, 1.82) is 0 Å². The molecule has 3 aromatic heterocycles. The number of alkyl halides is 4. The van der Waals surface area contributed by atoms with Gasteiger partial charge in [0, 0.05) is 43.5 Å². The maximum absolute atomic E-state index is 13.5. The van der Waals surface area contributed by atoms with E-state index in [0.29, 0.717) is 12.1 Å². The Kier molecular flexibility index (Phi) is 4.42. The molecule has 1 fully saturated rings. The van der Waals surface area contributed by atoms with Gasteiger partial charge in [-0.3, -0.25) is 0 Å². The molecule has 0 saturated carbocycles. The number of anilines is 1. The van der Waals surface area contributed by atoms with Gasteiger partial charge in [0.15, 0.2) is 0 Å². The number of nitrogens with zero attached hydrogens (tertiary/aromatic N) is 4. The topological polar surface area (TPSA) is 67.1 Å². The molecule has 1 saturated heterocycles. The smallest absolute Gasteiger partial charge is 0.350 e. The Hall–Kier alpha value is -2.75. The van der Waals surface area contributed by atoms with Gasteiger partial charge in [0.05, 0.1) is 17.4 Å². The Morgan fingerprint density at radius 2 is 2.04 bits per heavy atom. The lowest BCUT2D eigenvalue weighted by Crippen LogP contribution is -2.44.